The number of piperidine rings is 1. The number of nitrogens with zero attached hydrogens (tertiary/aromatic N) is 1. The normalized spacial score (nSPS) is 19.1. The fourth-order valence-corrected chi connectivity index (χ4v) is 3.95. The number of rotatable bonds is 6. The van der Waals surface area contributed by atoms with Crippen LogP contribution < -0.4 is 10.5 Å². The Morgan fingerprint density at radius 1 is 1.28 bits per heavy atom. The molecule has 0 aliphatic carbocycles. The maximum atomic E-state index is 13.9. The summed E-state index contributed by atoms with van der Waals surface area (Å²) in [4.78, 5) is 26.4. The molecule has 2 amide bonds. The molecule has 0 radical (unpaired) electrons. The van der Waals surface area contributed by atoms with Gasteiger partial charge in [-0.1, -0.05) is 23.7 Å². The maximum Gasteiger partial charge on any atom is 0.253 e. The van der Waals surface area contributed by atoms with Crippen LogP contribution in [-0.4, -0.2) is 36.4 Å². The number of primary amides is 1. The van der Waals surface area contributed by atoms with Gasteiger partial charge in [0.2, 0.25) is 5.91 Å². The average Bonchev–Trinajstić information content (AvgIpc) is 2.68. The summed E-state index contributed by atoms with van der Waals surface area (Å²) in [5, 5.41) is 0.549. The summed E-state index contributed by atoms with van der Waals surface area (Å²) in [6, 6.07) is 11.5. The van der Waals surface area contributed by atoms with Crippen molar-refractivity contribution in [2.75, 3.05) is 19.7 Å². The minimum atomic E-state index is -0.606. The van der Waals surface area contributed by atoms with Crippen molar-refractivity contribution in [1.82, 2.24) is 4.90 Å². The summed E-state index contributed by atoms with van der Waals surface area (Å²) in [6.07, 6.45) is 1.49. The number of carbonyl (C=O) groups excluding carboxylic acids is 2. The molecule has 0 saturated carbocycles. The third-order valence-corrected chi connectivity index (χ3v) is 5.49. The first-order valence-electron chi connectivity index (χ1n) is 9.50. The van der Waals surface area contributed by atoms with E-state index in [1.807, 2.05) is 0 Å². The lowest BCUT2D eigenvalue weighted by Gasteiger charge is -2.42. The van der Waals surface area contributed by atoms with E-state index in [1.54, 1.807) is 48.2 Å². The van der Waals surface area contributed by atoms with Crippen molar-refractivity contribution in [3.05, 3.63) is 64.4 Å². The van der Waals surface area contributed by atoms with Crippen molar-refractivity contribution in [3.63, 3.8) is 0 Å². The number of amides is 2. The van der Waals surface area contributed by atoms with Gasteiger partial charge in [0.05, 0.1) is 6.61 Å². The highest BCUT2D eigenvalue weighted by atomic mass is 35.5. The van der Waals surface area contributed by atoms with E-state index in [-0.39, 0.29) is 18.9 Å². The first-order chi connectivity index (χ1) is 13.8. The summed E-state index contributed by atoms with van der Waals surface area (Å²) in [5.41, 5.74) is 5.67. The first kappa shape index (κ1) is 21.1. The number of carbonyl (C=O) groups is 2. The van der Waals surface area contributed by atoms with Crippen LogP contribution in [0.5, 0.6) is 5.75 Å². The summed E-state index contributed by atoms with van der Waals surface area (Å²) in [6.45, 7) is 2.72. The SMILES string of the molecule is Cc1ccc(C(=O)N2CCC[C@@](COc3cccc(Cl)c3)(CC(N)=O)C2)cc1F. The third kappa shape index (κ3) is 5.26. The van der Waals surface area contributed by atoms with Crippen LogP contribution in [0.4, 0.5) is 4.39 Å². The molecule has 2 aromatic carbocycles. The molecule has 7 heteroatoms. The van der Waals surface area contributed by atoms with Crippen molar-refractivity contribution < 1.29 is 18.7 Å². The number of nitrogens with two attached hydrogens (primary N) is 1. The Labute approximate surface area is 174 Å². The van der Waals surface area contributed by atoms with E-state index in [0.717, 1.165) is 0 Å². The Bertz CT molecular complexity index is 921. The molecule has 2 aromatic rings. The molecule has 0 bridgehead atoms. The standard InChI is InChI=1S/C22H24ClFN2O3/c1-15-6-7-16(10-19(15)24)21(28)26-9-3-8-22(13-26,12-20(25)27)14-29-18-5-2-4-17(23)11-18/h2,4-7,10-11H,3,8-9,12-14H2,1H3,(H2,25,27)/t22-/m1/s1. The molecular weight excluding hydrogens is 395 g/mol. The van der Waals surface area contributed by atoms with Gasteiger partial charge < -0.3 is 15.4 Å². The lowest BCUT2D eigenvalue weighted by Crippen LogP contribution is -2.50. The fourth-order valence-electron chi connectivity index (χ4n) is 3.77. The van der Waals surface area contributed by atoms with Crippen LogP contribution in [-0.2, 0) is 4.79 Å². The van der Waals surface area contributed by atoms with Crippen LogP contribution in [0.25, 0.3) is 0 Å². The molecule has 0 spiro atoms. The van der Waals surface area contributed by atoms with Crippen molar-refractivity contribution >= 4 is 23.4 Å². The van der Waals surface area contributed by atoms with Crippen molar-refractivity contribution in [2.24, 2.45) is 11.1 Å². The molecule has 154 valence electrons. The van der Waals surface area contributed by atoms with E-state index in [9.17, 15) is 14.0 Å². The number of likely N-dealkylation sites (tertiary alicyclic amines) is 1. The quantitative estimate of drug-likeness (QED) is 0.771. The summed E-state index contributed by atoms with van der Waals surface area (Å²) < 4.78 is 19.8. The molecule has 1 atom stereocenters. The lowest BCUT2D eigenvalue weighted by atomic mass is 9.77. The molecule has 5 nitrogen and oxygen atoms in total. The van der Waals surface area contributed by atoms with Gasteiger partial charge >= 0.3 is 0 Å². The second-order valence-electron chi connectivity index (χ2n) is 7.68. The lowest BCUT2D eigenvalue weighted by molar-refractivity contribution is -0.122. The Morgan fingerprint density at radius 2 is 2.07 bits per heavy atom. The largest absolute Gasteiger partial charge is 0.493 e. The van der Waals surface area contributed by atoms with E-state index in [1.165, 1.54) is 6.07 Å². The topological polar surface area (TPSA) is 72.6 Å². The number of hydrogen-bond donors (Lipinski definition) is 1. The Hall–Kier alpha value is -2.60. The van der Waals surface area contributed by atoms with Gasteiger partial charge in [-0.05, 0) is 55.7 Å². The van der Waals surface area contributed by atoms with Gasteiger partial charge in [0.25, 0.3) is 5.91 Å². The smallest absolute Gasteiger partial charge is 0.253 e. The van der Waals surface area contributed by atoms with Crippen LogP contribution in [0, 0.1) is 18.2 Å². The zero-order valence-electron chi connectivity index (χ0n) is 16.3. The monoisotopic (exact) mass is 418 g/mol. The van der Waals surface area contributed by atoms with E-state index >= 15 is 0 Å². The van der Waals surface area contributed by atoms with Crippen LogP contribution in [0.2, 0.25) is 5.02 Å². The van der Waals surface area contributed by atoms with Crippen LogP contribution >= 0.6 is 11.6 Å². The molecular formula is C22H24ClFN2O3. The summed E-state index contributed by atoms with van der Waals surface area (Å²) in [5.74, 6) is -0.540. The van der Waals surface area contributed by atoms with Crippen molar-refractivity contribution in [3.8, 4) is 5.75 Å². The summed E-state index contributed by atoms with van der Waals surface area (Å²) in [7, 11) is 0. The van der Waals surface area contributed by atoms with E-state index in [0.29, 0.717) is 47.8 Å². The predicted molar refractivity (Wildman–Crippen MR) is 109 cm³/mol. The minimum absolute atomic E-state index is 0.0968. The molecule has 29 heavy (non-hydrogen) atoms. The first-order valence-corrected chi connectivity index (χ1v) is 9.88. The van der Waals surface area contributed by atoms with Gasteiger partial charge in [0, 0.05) is 35.5 Å². The molecule has 2 N–H and O–H groups in total. The zero-order chi connectivity index (χ0) is 21.0. The van der Waals surface area contributed by atoms with E-state index in [2.05, 4.69) is 0 Å². The summed E-state index contributed by atoms with van der Waals surface area (Å²) >= 11 is 6.00. The predicted octanol–water partition coefficient (Wildman–Crippen LogP) is 3.96. The van der Waals surface area contributed by atoms with Gasteiger partial charge in [-0.25, -0.2) is 4.39 Å². The van der Waals surface area contributed by atoms with Gasteiger partial charge in [0.1, 0.15) is 11.6 Å². The fraction of sp³-hybridized carbons (Fsp3) is 0.364. The Morgan fingerprint density at radius 3 is 2.76 bits per heavy atom. The maximum absolute atomic E-state index is 13.9. The molecule has 1 heterocycles. The highest BCUT2D eigenvalue weighted by Crippen LogP contribution is 2.35. The van der Waals surface area contributed by atoms with Crippen molar-refractivity contribution in [2.45, 2.75) is 26.2 Å². The van der Waals surface area contributed by atoms with Gasteiger partial charge in [-0.2, -0.15) is 0 Å². The van der Waals surface area contributed by atoms with Crippen LogP contribution in [0.1, 0.15) is 35.2 Å². The average molecular weight is 419 g/mol. The third-order valence-electron chi connectivity index (χ3n) is 5.26. The van der Waals surface area contributed by atoms with Gasteiger partial charge in [0.15, 0.2) is 0 Å². The second kappa shape index (κ2) is 8.82. The Balaban J connectivity index is 1.78. The number of halogens is 2. The second-order valence-corrected chi connectivity index (χ2v) is 8.12. The molecule has 0 unspecified atom stereocenters. The molecule has 3 rings (SSSR count). The Kier molecular flexibility index (Phi) is 6.42. The van der Waals surface area contributed by atoms with Crippen LogP contribution in [0.15, 0.2) is 42.5 Å². The molecule has 1 saturated heterocycles. The number of benzene rings is 2. The number of ether oxygens (including phenoxy) is 1. The highest BCUT2D eigenvalue weighted by Gasteiger charge is 2.39. The number of hydrogen-bond acceptors (Lipinski definition) is 3. The number of aryl methyl sites for hydroxylation is 1. The highest BCUT2D eigenvalue weighted by molar-refractivity contribution is 6.30. The zero-order valence-corrected chi connectivity index (χ0v) is 17.0. The molecule has 0 aromatic heterocycles. The van der Waals surface area contributed by atoms with Gasteiger partial charge in [-0.3, -0.25) is 9.59 Å². The van der Waals surface area contributed by atoms with Gasteiger partial charge in [-0.15, -0.1) is 0 Å². The molecule has 1 fully saturated rings. The van der Waals surface area contributed by atoms with E-state index < -0.39 is 17.1 Å². The van der Waals surface area contributed by atoms with E-state index in [4.69, 9.17) is 22.1 Å². The molecule has 1 aliphatic rings. The van der Waals surface area contributed by atoms with Crippen LogP contribution in [0.3, 0.4) is 0 Å². The minimum Gasteiger partial charge on any atom is -0.493 e. The van der Waals surface area contributed by atoms with Crippen molar-refractivity contribution in [1.29, 1.82) is 0 Å². The molecule has 1 aliphatic heterocycles.